The van der Waals surface area contributed by atoms with Gasteiger partial charge in [-0.15, -0.1) is 0 Å². The second-order valence-electron chi connectivity index (χ2n) is 29.3. The largest absolute Gasteiger partial charge is 0.472 e. The van der Waals surface area contributed by atoms with E-state index in [-0.39, 0.29) is 25.7 Å². The summed E-state index contributed by atoms with van der Waals surface area (Å²) in [4.78, 5) is 73.0. The van der Waals surface area contributed by atoms with Crippen molar-refractivity contribution >= 4 is 39.5 Å². The lowest BCUT2D eigenvalue weighted by molar-refractivity contribution is -0.161. The fraction of sp³-hybridized carbons (Fsp3) is 0.950. The Hall–Kier alpha value is -1.94. The first-order valence-corrected chi connectivity index (χ1v) is 44.6. The van der Waals surface area contributed by atoms with Crippen LogP contribution in [0.5, 0.6) is 0 Å². The fourth-order valence-electron chi connectivity index (χ4n) is 12.4. The number of hydrogen-bond acceptors (Lipinski definition) is 15. The zero-order valence-corrected chi connectivity index (χ0v) is 66.4. The van der Waals surface area contributed by atoms with Crippen LogP contribution in [0.3, 0.4) is 0 Å². The molecule has 0 heterocycles. The van der Waals surface area contributed by atoms with Crippen molar-refractivity contribution < 1.29 is 80.2 Å². The second kappa shape index (κ2) is 73.0. The van der Waals surface area contributed by atoms with Gasteiger partial charge in [0.15, 0.2) is 12.2 Å². The third-order valence-electron chi connectivity index (χ3n) is 18.8. The number of aliphatic hydroxyl groups excluding tert-OH is 1. The Morgan fingerprint density at radius 1 is 0.273 bits per heavy atom. The summed E-state index contributed by atoms with van der Waals surface area (Å²) in [5.74, 6) is -1.38. The van der Waals surface area contributed by atoms with E-state index in [1.54, 1.807) is 0 Å². The summed E-state index contributed by atoms with van der Waals surface area (Å²) in [6, 6.07) is 0. The Labute approximate surface area is 607 Å². The van der Waals surface area contributed by atoms with Crippen molar-refractivity contribution in [3.05, 3.63) is 0 Å². The molecule has 0 aliphatic heterocycles. The minimum absolute atomic E-state index is 0.108. The lowest BCUT2D eigenvalue weighted by Crippen LogP contribution is -2.30. The van der Waals surface area contributed by atoms with E-state index in [0.29, 0.717) is 25.7 Å². The van der Waals surface area contributed by atoms with Crippen LogP contribution in [-0.2, 0) is 65.4 Å². The van der Waals surface area contributed by atoms with Crippen LogP contribution < -0.4 is 0 Å². The van der Waals surface area contributed by atoms with Crippen LogP contribution in [0, 0.1) is 5.92 Å². The molecule has 0 amide bonds. The molecule has 0 aromatic carbocycles. The van der Waals surface area contributed by atoms with E-state index >= 15 is 0 Å². The van der Waals surface area contributed by atoms with Crippen LogP contribution in [0.4, 0.5) is 0 Å². The van der Waals surface area contributed by atoms with E-state index in [0.717, 1.165) is 95.8 Å². The predicted molar refractivity (Wildman–Crippen MR) is 405 cm³/mol. The zero-order valence-electron chi connectivity index (χ0n) is 64.6. The maximum absolute atomic E-state index is 13.1. The first-order chi connectivity index (χ1) is 48.0. The van der Waals surface area contributed by atoms with Crippen LogP contribution >= 0.6 is 15.6 Å². The molecule has 0 aromatic rings. The molecule has 99 heavy (non-hydrogen) atoms. The molecular formula is C80H156O17P2. The van der Waals surface area contributed by atoms with Crippen LogP contribution in [-0.4, -0.2) is 96.7 Å². The van der Waals surface area contributed by atoms with E-state index in [1.807, 2.05) is 0 Å². The molecule has 0 aromatic heterocycles. The van der Waals surface area contributed by atoms with Crippen LogP contribution in [0.15, 0.2) is 0 Å². The number of aliphatic hydroxyl groups is 1. The second-order valence-corrected chi connectivity index (χ2v) is 32.2. The summed E-state index contributed by atoms with van der Waals surface area (Å²) in [7, 11) is -9.92. The van der Waals surface area contributed by atoms with Gasteiger partial charge in [-0.05, 0) is 31.6 Å². The molecule has 2 unspecified atom stereocenters. The molecule has 0 aliphatic rings. The van der Waals surface area contributed by atoms with Crippen molar-refractivity contribution in [2.24, 2.45) is 5.92 Å². The highest BCUT2D eigenvalue weighted by atomic mass is 31.2. The molecule has 0 saturated carbocycles. The van der Waals surface area contributed by atoms with E-state index in [1.165, 1.54) is 250 Å². The summed E-state index contributed by atoms with van der Waals surface area (Å²) in [6.45, 7) is 7.30. The number of phosphoric ester groups is 2. The lowest BCUT2D eigenvalue weighted by Gasteiger charge is -2.21. The first kappa shape index (κ1) is 97.1. The van der Waals surface area contributed by atoms with Gasteiger partial charge >= 0.3 is 39.5 Å². The number of unbranched alkanes of at least 4 members (excludes halogenated alkanes) is 52. The molecule has 0 aliphatic carbocycles. The Bertz CT molecular complexity index is 1890. The first-order valence-electron chi connectivity index (χ1n) is 41.6. The summed E-state index contributed by atoms with van der Waals surface area (Å²) >= 11 is 0. The molecule has 17 nitrogen and oxygen atoms in total. The van der Waals surface area contributed by atoms with Gasteiger partial charge in [-0.3, -0.25) is 37.3 Å². The minimum atomic E-state index is -4.96. The van der Waals surface area contributed by atoms with Crippen LogP contribution in [0.1, 0.15) is 426 Å². The molecule has 0 saturated heterocycles. The average Bonchev–Trinajstić information content (AvgIpc) is 1.09. The Kier molecular flexibility index (Phi) is 71.6. The van der Waals surface area contributed by atoms with Gasteiger partial charge < -0.3 is 33.8 Å². The molecule has 0 bridgehead atoms. The third kappa shape index (κ3) is 74.1. The van der Waals surface area contributed by atoms with Crippen molar-refractivity contribution in [2.45, 2.75) is 445 Å². The monoisotopic (exact) mass is 1450 g/mol. The highest BCUT2D eigenvalue weighted by molar-refractivity contribution is 7.47. The zero-order chi connectivity index (χ0) is 72.7. The number of hydrogen-bond donors (Lipinski definition) is 3. The van der Waals surface area contributed by atoms with Crippen molar-refractivity contribution in [3.63, 3.8) is 0 Å². The van der Waals surface area contributed by atoms with E-state index in [4.69, 9.17) is 37.0 Å². The third-order valence-corrected chi connectivity index (χ3v) is 20.7. The normalized spacial score (nSPS) is 13.9. The van der Waals surface area contributed by atoms with E-state index in [9.17, 15) is 43.2 Å². The Balaban J connectivity index is 5.24. The topological polar surface area (TPSA) is 237 Å². The number of rotatable bonds is 80. The summed E-state index contributed by atoms with van der Waals surface area (Å²) in [5, 5.41) is 10.6. The summed E-state index contributed by atoms with van der Waals surface area (Å²) in [6.07, 6.45) is 63.8. The number of carbonyl (C=O) groups excluding carboxylic acids is 4. The van der Waals surface area contributed by atoms with Gasteiger partial charge in [-0.1, -0.05) is 375 Å². The molecule has 3 N–H and O–H groups in total. The predicted octanol–water partition coefficient (Wildman–Crippen LogP) is 24.0. The highest BCUT2D eigenvalue weighted by Gasteiger charge is 2.30. The molecule has 0 spiro atoms. The van der Waals surface area contributed by atoms with Gasteiger partial charge in [0.1, 0.15) is 19.3 Å². The standard InChI is InChI=1S/C80H156O17P2/c1-6-9-12-15-18-21-24-27-30-31-32-33-35-38-41-44-51-56-61-66-80(85)96-75(69-90-77(82)63-58-53-48-42-39-37-34-28-25-22-19-16-13-10-7-2)71-94-98(86,87)92-67-74(81)68-93-99(88,89)95-72-76(70-91-78(83)64-59-54-49-46-45-47-52-57-62-73(4)5)97-79(84)65-60-55-50-43-40-36-29-26-23-20-17-14-11-8-3/h73-76,81H,6-72H2,1-5H3,(H,86,87)(H,88,89)/t74-,75-,76-/m1/s1. The van der Waals surface area contributed by atoms with Crippen molar-refractivity contribution in [1.29, 1.82) is 0 Å². The van der Waals surface area contributed by atoms with Gasteiger partial charge in [0.25, 0.3) is 0 Å². The van der Waals surface area contributed by atoms with Gasteiger partial charge in [0, 0.05) is 25.7 Å². The van der Waals surface area contributed by atoms with Gasteiger partial charge in [-0.2, -0.15) is 0 Å². The van der Waals surface area contributed by atoms with Crippen LogP contribution in [0.25, 0.3) is 0 Å². The van der Waals surface area contributed by atoms with Crippen molar-refractivity contribution in [3.8, 4) is 0 Å². The molecule has 0 fully saturated rings. The average molecular weight is 1450 g/mol. The molecule has 5 atom stereocenters. The fourth-order valence-corrected chi connectivity index (χ4v) is 14.0. The van der Waals surface area contributed by atoms with Gasteiger partial charge in [-0.25, -0.2) is 9.13 Å². The quantitative estimate of drug-likeness (QED) is 0.0222. The molecule has 0 radical (unpaired) electrons. The van der Waals surface area contributed by atoms with Gasteiger partial charge in [0.05, 0.1) is 26.4 Å². The maximum Gasteiger partial charge on any atom is 0.472 e. The number of ether oxygens (including phenoxy) is 4. The number of carbonyl (C=O) groups is 4. The lowest BCUT2D eigenvalue weighted by atomic mass is 10.0. The molecule has 19 heteroatoms. The SMILES string of the molecule is CCCCCCCCCCCCCCCCCCCCCC(=O)O[C@H](COC(=O)CCCCCCCCCCCCCCCCC)COP(=O)(O)OC[C@@H](O)COP(=O)(O)OC[C@@H](COC(=O)CCCCCCCCCCC(C)C)OC(=O)CCCCCCCCCCCCCCCC. The van der Waals surface area contributed by atoms with Gasteiger partial charge in [0.2, 0.25) is 0 Å². The van der Waals surface area contributed by atoms with Crippen molar-refractivity contribution in [2.75, 3.05) is 39.6 Å². The van der Waals surface area contributed by atoms with E-state index < -0.39 is 97.5 Å². The Morgan fingerprint density at radius 3 is 0.687 bits per heavy atom. The number of phosphoric acid groups is 2. The number of esters is 4. The maximum atomic E-state index is 13.1. The molecule has 588 valence electrons. The minimum Gasteiger partial charge on any atom is -0.462 e. The Morgan fingerprint density at radius 2 is 0.465 bits per heavy atom. The van der Waals surface area contributed by atoms with Crippen molar-refractivity contribution in [1.82, 2.24) is 0 Å². The smallest absolute Gasteiger partial charge is 0.462 e. The summed E-state index contributed by atoms with van der Waals surface area (Å²) < 4.78 is 68.7. The molecular weight excluding hydrogens is 1290 g/mol. The van der Waals surface area contributed by atoms with E-state index in [2.05, 4.69) is 34.6 Å². The van der Waals surface area contributed by atoms with Crippen LogP contribution in [0.2, 0.25) is 0 Å². The molecule has 0 rings (SSSR count). The summed E-state index contributed by atoms with van der Waals surface area (Å²) in [5.41, 5.74) is 0. The highest BCUT2D eigenvalue weighted by Crippen LogP contribution is 2.45.